The molecule has 22 heavy (non-hydrogen) atoms. The largest absolute Gasteiger partial charge is 0.487 e. The molecular weight excluding hydrogens is 296 g/mol. The van der Waals surface area contributed by atoms with Gasteiger partial charge in [-0.1, -0.05) is 23.7 Å². The van der Waals surface area contributed by atoms with E-state index >= 15 is 0 Å². The van der Waals surface area contributed by atoms with Gasteiger partial charge in [0.05, 0.1) is 5.69 Å². The van der Waals surface area contributed by atoms with E-state index in [1.54, 1.807) is 0 Å². The topological polar surface area (TPSA) is 40.2 Å². The summed E-state index contributed by atoms with van der Waals surface area (Å²) in [5.41, 5.74) is 9.36. The van der Waals surface area contributed by atoms with Crippen LogP contribution in [0.1, 0.15) is 18.2 Å². The van der Waals surface area contributed by atoms with Crippen molar-refractivity contribution in [2.45, 2.75) is 26.6 Å². The second-order valence-electron chi connectivity index (χ2n) is 5.18. The zero-order valence-electron chi connectivity index (χ0n) is 12.6. The molecule has 0 unspecified atom stereocenters. The maximum absolute atomic E-state index is 5.89. The van der Waals surface area contributed by atoms with Gasteiger partial charge >= 0.3 is 0 Å². The Balaban J connectivity index is 1.91. The molecule has 3 aromatic rings. The van der Waals surface area contributed by atoms with Crippen LogP contribution >= 0.6 is 11.6 Å². The van der Waals surface area contributed by atoms with Crippen molar-refractivity contribution in [2.75, 3.05) is 0 Å². The molecule has 0 radical (unpaired) electrons. The summed E-state index contributed by atoms with van der Waals surface area (Å²) in [4.78, 5) is 0. The molecule has 3 rings (SSSR count). The van der Waals surface area contributed by atoms with Crippen LogP contribution in [0.4, 0.5) is 0 Å². The van der Waals surface area contributed by atoms with Crippen molar-refractivity contribution in [1.82, 2.24) is 4.57 Å². The van der Waals surface area contributed by atoms with E-state index in [4.69, 9.17) is 22.1 Å². The van der Waals surface area contributed by atoms with Crippen LogP contribution in [0.2, 0.25) is 5.02 Å². The van der Waals surface area contributed by atoms with E-state index < -0.39 is 0 Å². The molecule has 0 aliphatic carbocycles. The number of aryl methyl sites for hydroxylation is 1. The Kier molecular flexibility index (Phi) is 4.36. The molecule has 0 saturated carbocycles. The summed E-state index contributed by atoms with van der Waals surface area (Å²) >= 11 is 5.89. The molecule has 0 spiro atoms. The summed E-state index contributed by atoms with van der Waals surface area (Å²) in [6, 6.07) is 15.9. The number of nitrogens with two attached hydrogens (primary N) is 1. The van der Waals surface area contributed by atoms with Crippen LogP contribution < -0.4 is 10.5 Å². The fourth-order valence-corrected chi connectivity index (χ4v) is 2.89. The van der Waals surface area contributed by atoms with E-state index in [1.807, 2.05) is 24.3 Å². The molecule has 0 amide bonds. The molecule has 0 aliphatic rings. The summed E-state index contributed by atoms with van der Waals surface area (Å²) in [5, 5.41) is 1.92. The lowest BCUT2D eigenvalue weighted by Gasteiger charge is -2.10. The molecule has 0 fully saturated rings. The molecule has 2 N–H and O–H groups in total. The van der Waals surface area contributed by atoms with Crippen LogP contribution in [0.3, 0.4) is 0 Å². The number of ether oxygens (including phenoxy) is 1. The van der Waals surface area contributed by atoms with Crippen molar-refractivity contribution in [3.05, 3.63) is 64.8 Å². The maximum Gasteiger partial charge on any atom is 0.128 e. The predicted octanol–water partition coefficient (Wildman–Crippen LogP) is 4.35. The Morgan fingerprint density at radius 3 is 2.59 bits per heavy atom. The fraction of sp³-hybridized carbons (Fsp3) is 0.222. The fourth-order valence-electron chi connectivity index (χ4n) is 2.76. The van der Waals surface area contributed by atoms with E-state index in [-0.39, 0.29) is 0 Å². The minimum Gasteiger partial charge on any atom is -0.487 e. The molecule has 4 heteroatoms. The molecule has 114 valence electrons. The van der Waals surface area contributed by atoms with Gasteiger partial charge in [0.25, 0.3) is 0 Å². The first kappa shape index (κ1) is 14.9. The van der Waals surface area contributed by atoms with Crippen molar-refractivity contribution >= 4 is 22.5 Å². The summed E-state index contributed by atoms with van der Waals surface area (Å²) in [6.45, 7) is 4.11. The van der Waals surface area contributed by atoms with Gasteiger partial charge in [-0.05, 0) is 48.9 Å². The van der Waals surface area contributed by atoms with E-state index in [9.17, 15) is 0 Å². The van der Waals surface area contributed by atoms with Crippen LogP contribution in [-0.4, -0.2) is 4.57 Å². The van der Waals surface area contributed by atoms with Gasteiger partial charge in [0.1, 0.15) is 12.4 Å². The molecule has 0 aliphatic heterocycles. The van der Waals surface area contributed by atoms with E-state index in [1.165, 1.54) is 10.9 Å². The zero-order chi connectivity index (χ0) is 15.5. The number of fused-ring (bicyclic) bond motifs is 1. The molecule has 3 nitrogen and oxygen atoms in total. The number of hydrogen-bond donors (Lipinski definition) is 1. The van der Waals surface area contributed by atoms with Crippen LogP contribution in [0.15, 0.2) is 48.5 Å². The first-order chi connectivity index (χ1) is 10.7. The highest BCUT2D eigenvalue weighted by Gasteiger charge is 2.10. The third kappa shape index (κ3) is 2.82. The minimum absolute atomic E-state index is 0.522. The molecule has 1 aromatic heterocycles. The van der Waals surface area contributed by atoms with Crippen molar-refractivity contribution in [3.8, 4) is 5.75 Å². The summed E-state index contributed by atoms with van der Waals surface area (Å²) < 4.78 is 8.15. The number of nitrogens with zero attached hydrogens (tertiary/aromatic N) is 1. The lowest BCUT2D eigenvalue weighted by atomic mass is 10.1. The van der Waals surface area contributed by atoms with Crippen molar-refractivity contribution in [2.24, 2.45) is 5.73 Å². The highest BCUT2D eigenvalue weighted by Crippen LogP contribution is 2.25. The summed E-state index contributed by atoms with van der Waals surface area (Å²) in [7, 11) is 0. The minimum atomic E-state index is 0.522. The molecule has 0 saturated heterocycles. The van der Waals surface area contributed by atoms with Gasteiger partial charge in [-0.25, -0.2) is 0 Å². The average molecular weight is 315 g/mol. The average Bonchev–Trinajstić information content (AvgIpc) is 2.91. The smallest absolute Gasteiger partial charge is 0.128 e. The Bertz CT molecular complexity index is 778. The number of benzene rings is 2. The zero-order valence-corrected chi connectivity index (χ0v) is 13.3. The third-order valence-corrected chi connectivity index (χ3v) is 4.11. The molecule has 0 atom stereocenters. The first-order valence-corrected chi connectivity index (χ1v) is 7.79. The molecule has 0 bridgehead atoms. The number of rotatable bonds is 5. The molecule has 2 aromatic carbocycles. The highest BCUT2D eigenvalue weighted by molar-refractivity contribution is 6.30. The van der Waals surface area contributed by atoms with Gasteiger partial charge in [-0.2, -0.15) is 0 Å². The molecular formula is C18H19ClN2O. The van der Waals surface area contributed by atoms with Crippen LogP contribution in [-0.2, 0) is 19.7 Å². The number of halogens is 1. The number of aromatic nitrogens is 1. The van der Waals surface area contributed by atoms with Gasteiger partial charge < -0.3 is 15.0 Å². The predicted molar refractivity (Wildman–Crippen MR) is 91.3 cm³/mol. The van der Waals surface area contributed by atoms with Crippen molar-refractivity contribution in [1.29, 1.82) is 0 Å². The normalized spacial score (nSPS) is 11.0. The lowest BCUT2D eigenvalue weighted by molar-refractivity contribution is 0.296. The van der Waals surface area contributed by atoms with Crippen molar-refractivity contribution in [3.63, 3.8) is 0 Å². The van der Waals surface area contributed by atoms with Crippen LogP contribution in [0.5, 0.6) is 5.75 Å². The summed E-state index contributed by atoms with van der Waals surface area (Å²) in [6.07, 6.45) is 0. The Labute approximate surface area is 135 Å². The van der Waals surface area contributed by atoms with Gasteiger partial charge in [0.2, 0.25) is 0 Å². The van der Waals surface area contributed by atoms with E-state index in [0.29, 0.717) is 18.2 Å². The third-order valence-electron chi connectivity index (χ3n) is 3.86. The van der Waals surface area contributed by atoms with E-state index in [2.05, 4.69) is 35.8 Å². The van der Waals surface area contributed by atoms with Gasteiger partial charge in [-0.3, -0.25) is 0 Å². The van der Waals surface area contributed by atoms with Crippen molar-refractivity contribution < 1.29 is 4.74 Å². The van der Waals surface area contributed by atoms with E-state index in [0.717, 1.165) is 23.6 Å². The van der Waals surface area contributed by atoms with Gasteiger partial charge in [0, 0.05) is 29.0 Å². The quantitative estimate of drug-likeness (QED) is 0.760. The Hall–Kier alpha value is -1.97. The Morgan fingerprint density at radius 1 is 1.14 bits per heavy atom. The SMILES string of the molecule is CCn1c(COc2ccc(Cl)cc2)cc2c(CN)cccc21. The second kappa shape index (κ2) is 6.42. The van der Waals surface area contributed by atoms with Gasteiger partial charge in [-0.15, -0.1) is 0 Å². The molecule has 1 heterocycles. The maximum atomic E-state index is 5.89. The van der Waals surface area contributed by atoms with Gasteiger partial charge in [0.15, 0.2) is 0 Å². The highest BCUT2D eigenvalue weighted by atomic mass is 35.5. The van der Waals surface area contributed by atoms with Crippen LogP contribution in [0.25, 0.3) is 10.9 Å². The summed E-state index contributed by atoms with van der Waals surface area (Å²) in [5.74, 6) is 0.816. The first-order valence-electron chi connectivity index (χ1n) is 7.41. The van der Waals surface area contributed by atoms with Crippen LogP contribution in [0, 0.1) is 0 Å². The standard InChI is InChI=1S/C18H19ClN2O/c1-2-21-15(12-22-16-8-6-14(19)7-9-16)10-17-13(11-20)4-3-5-18(17)21/h3-10H,2,11-12,20H2,1H3. The Morgan fingerprint density at radius 2 is 1.91 bits per heavy atom. The monoisotopic (exact) mass is 314 g/mol. The second-order valence-corrected chi connectivity index (χ2v) is 5.61. The lowest BCUT2D eigenvalue weighted by Crippen LogP contribution is -2.04. The number of hydrogen-bond acceptors (Lipinski definition) is 2.